The average Bonchev–Trinajstić information content (AvgIpc) is 2.95. The topological polar surface area (TPSA) is 102 Å². The van der Waals surface area contributed by atoms with Gasteiger partial charge in [-0.1, -0.05) is 35.5 Å². The van der Waals surface area contributed by atoms with E-state index in [1.54, 1.807) is 54.6 Å². The monoisotopic (exact) mass is 447 g/mol. The van der Waals surface area contributed by atoms with Crippen LogP contribution >= 0.6 is 35.6 Å². The Balaban J connectivity index is 1.68. The van der Waals surface area contributed by atoms with E-state index in [2.05, 4.69) is 5.43 Å². The first-order valence-corrected chi connectivity index (χ1v) is 9.79. The van der Waals surface area contributed by atoms with Gasteiger partial charge in [-0.25, -0.2) is 0 Å². The van der Waals surface area contributed by atoms with E-state index in [0.29, 0.717) is 21.2 Å². The molecule has 1 aliphatic rings. The third kappa shape index (κ3) is 5.35. The van der Waals surface area contributed by atoms with Crippen LogP contribution in [0.3, 0.4) is 0 Å². The van der Waals surface area contributed by atoms with Crippen molar-refractivity contribution in [1.82, 2.24) is 10.4 Å². The van der Waals surface area contributed by atoms with Gasteiger partial charge in [-0.05, 0) is 60.3 Å². The molecule has 29 heavy (non-hydrogen) atoms. The Kier molecular flexibility index (Phi) is 6.53. The van der Waals surface area contributed by atoms with Crippen molar-refractivity contribution in [3.05, 3.63) is 69.6 Å². The molecule has 0 radical (unpaired) electrons. The van der Waals surface area contributed by atoms with Crippen LogP contribution in [0.25, 0.3) is 6.08 Å². The third-order valence-electron chi connectivity index (χ3n) is 3.67. The number of halogens is 1. The van der Waals surface area contributed by atoms with Crippen LogP contribution in [0.1, 0.15) is 15.9 Å². The zero-order chi connectivity index (χ0) is 21.0. The Bertz CT molecular complexity index is 1010. The molecule has 0 saturated carbocycles. The quantitative estimate of drug-likeness (QED) is 0.521. The minimum Gasteiger partial charge on any atom is -0.484 e. The fraction of sp³-hybridized carbons (Fsp3) is 0.0526. The van der Waals surface area contributed by atoms with Gasteiger partial charge in [0.05, 0.1) is 4.91 Å². The predicted octanol–water partition coefficient (Wildman–Crippen LogP) is 2.75. The number of hydrogen-bond donors (Lipinski definition) is 2. The first-order valence-electron chi connectivity index (χ1n) is 8.19. The molecule has 148 valence electrons. The van der Waals surface area contributed by atoms with Crippen molar-refractivity contribution in [2.45, 2.75) is 0 Å². The number of ether oxygens (including phenoxy) is 1. The second kappa shape index (κ2) is 9.08. The van der Waals surface area contributed by atoms with Crippen molar-refractivity contribution in [2.24, 2.45) is 5.73 Å². The van der Waals surface area contributed by atoms with E-state index in [0.717, 1.165) is 22.3 Å². The van der Waals surface area contributed by atoms with Crippen molar-refractivity contribution < 1.29 is 19.1 Å². The molecule has 0 unspecified atom stereocenters. The number of nitrogens with zero attached hydrogens (tertiary/aromatic N) is 1. The number of amides is 3. The van der Waals surface area contributed by atoms with Crippen molar-refractivity contribution in [3.8, 4) is 5.75 Å². The minimum absolute atomic E-state index is 0.213. The largest absolute Gasteiger partial charge is 0.484 e. The van der Waals surface area contributed by atoms with Crippen molar-refractivity contribution in [3.63, 3.8) is 0 Å². The highest BCUT2D eigenvalue weighted by Gasteiger charge is 2.33. The molecule has 1 aliphatic heterocycles. The average molecular weight is 448 g/mol. The van der Waals surface area contributed by atoms with Gasteiger partial charge in [0.15, 0.2) is 10.9 Å². The zero-order valence-electron chi connectivity index (χ0n) is 14.8. The molecule has 10 heteroatoms. The maximum atomic E-state index is 12.6. The summed E-state index contributed by atoms with van der Waals surface area (Å²) < 4.78 is 5.40. The number of nitrogens with one attached hydrogen (secondary N) is 1. The maximum absolute atomic E-state index is 12.6. The smallest absolute Gasteiger partial charge is 0.285 e. The second-order valence-corrected chi connectivity index (χ2v) is 7.90. The summed E-state index contributed by atoms with van der Waals surface area (Å²) in [5.74, 6) is -1.01. The van der Waals surface area contributed by atoms with Crippen molar-refractivity contribution in [1.29, 1.82) is 0 Å². The van der Waals surface area contributed by atoms with Gasteiger partial charge in [0.1, 0.15) is 5.75 Å². The third-order valence-corrected chi connectivity index (χ3v) is 5.23. The lowest BCUT2D eigenvalue weighted by molar-refractivity contribution is -0.123. The van der Waals surface area contributed by atoms with Crippen LogP contribution in [0, 0.1) is 0 Å². The standard InChI is InChI=1S/C19H14ClN3O4S2/c20-13-5-3-12(4-6-13)17(25)22-23-18(26)15(29-19(23)28)9-11-1-7-14(8-2-11)27-10-16(21)24/h1-9H,10H2,(H2,21,24)(H,22,25)/b15-9-. The van der Waals surface area contributed by atoms with Crippen LogP contribution in [-0.2, 0) is 9.59 Å². The zero-order valence-corrected chi connectivity index (χ0v) is 17.1. The molecular formula is C19H14ClN3O4S2. The first kappa shape index (κ1) is 20.8. The SMILES string of the molecule is NC(=O)COc1ccc(/C=C2\SC(=S)N(NC(=O)c3ccc(Cl)cc3)C2=O)cc1. The highest BCUT2D eigenvalue weighted by molar-refractivity contribution is 8.26. The fourth-order valence-corrected chi connectivity index (χ4v) is 3.60. The summed E-state index contributed by atoms with van der Waals surface area (Å²) in [4.78, 5) is 36.1. The molecule has 1 saturated heterocycles. The van der Waals surface area contributed by atoms with Crippen molar-refractivity contribution in [2.75, 3.05) is 6.61 Å². The Hall–Kier alpha value is -2.88. The molecule has 2 aromatic carbocycles. The number of hydrazine groups is 1. The van der Waals surface area contributed by atoms with E-state index in [4.69, 9.17) is 34.3 Å². The predicted molar refractivity (Wildman–Crippen MR) is 115 cm³/mol. The van der Waals surface area contributed by atoms with E-state index in [9.17, 15) is 14.4 Å². The Labute approximate surface area is 180 Å². The van der Waals surface area contributed by atoms with Gasteiger partial charge in [-0.15, -0.1) is 0 Å². The highest BCUT2D eigenvalue weighted by Crippen LogP contribution is 2.31. The number of benzene rings is 2. The lowest BCUT2D eigenvalue weighted by Crippen LogP contribution is -2.44. The molecule has 3 N–H and O–H groups in total. The first-order chi connectivity index (χ1) is 13.8. The van der Waals surface area contributed by atoms with E-state index < -0.39 is 17.7 Å². The second-order valence-electron chi connectivity index (χ2n) is 5.79. The van der Waals surface area contributed by atoms with Crippen LogP contribution in [0.5, 0.6) is 5.75 Å². The fourth-order valence-electron chi connectivity index (χ4n) is 2.30. The number of primary amides is 1. The summed E-state index contributed by atoms with van der Waals surface area (Å²) in [7, 11) is 0. The summed E-state index contributed by atoms with van der Waals surface area (Å²) in [5.41, 5.74) is 8.60. The van der Waals surface area contributed by atoms with E-state index in [1.807, 2.05) is 0 Å². The summed E-state index contributed by atoms with van der Waals surface area (Å²) in [6.45, 7) is -0.217. The van der Waals surface area contributed by atoms with Gasteiger partial charge in [-0.2, -0.15) is 5.01 Å². The van der Waals surface area contributed by atoms with Crippen LogP contribution in [0.2, 0.25) is 5.02 Å². The van der Waals surface area contributed by atoms with Crippen LogP contribution in [0.15, 0.2) is 53.4 Å². The number of hydrogen-bond acceptors (Lipinski definition) is 6. The molecule has 7 nitrogen and oxygen atoms in total. The van der Waals surface area contributed by atoms with Crippen molar-refractivity contribution >= 4 is 63.7 Å². The van der Waals surface area contributed by atoms with Gasteiger partial charge in [0.2, 0.25) is 0 Å². The lowest BCUT2D eigenvalue weighted by atomic mass is 10.2. The Morgan fingerprint density at radius 1 is 1.17 bits per heavy atom. The molecular weight excluding hydrogens is 434 g/mol. The number of rotatable bonds is 6. The summed E-state index contributed by atoms with van der Waals surface area (Å²) in [6, 6.07) is 13.0. The molecule has 3 rings (SSSR count). The molecule has 0 aliphatic carbocycles. The van der Waals surface area contributed by atoms with Gasteiger partial charge >= 0.3 is 0 Å². The van der Waals surface area contributed by atoms with Crippen LogP contribution < -0.4 is 15.9 Å². The van der Waals surface area contributed by atoms with Crippen LogP contribution in [-0.4, -0.2) is 33.7 Å². The molecule has 0 bridgehead atoms. The molecule has 3 amide bonds. The number of carbonyl (C=O) groups is 3. The lowest BCUT2D eigenvalue weighted by Gasteiger charge is -2.15. The number of thiocarbonyl (C=S) groups is 1. The summed E-state index contributed by atoms with van der Waals surface area (Å²) in [5, 5.41) is 1.54. The Morgan fingerprint density at radius 2 is 1.83 bits per heavy atom. The summed E-state index contributed by atoms with van der Waals surface area (Å²) >= 11 is 12.1. The molecule has 0 spiro atoms. The molecule has 1 fully saturated rings. The molecule has 0 atom stereocenters. The normalized spacial score (nSPS) is 14.9. The number of carbonyl (C=O) groups excluding carboxylic acids is 3. The van der Waals surface area contributed by atoms with E-state index in [1.165, 1.54) is 0 Å². The molecule has 0 aromatic heterocycles. The molecule has 1 heterocycles. The van der Waals surface area contributed by atoms with Gasteiger partial charge in [0, 0.05) is 10.6 Å². The number of nitrogens with two attached hydrogens (primary N) is 1. The number of thioether (sulfide) groups is 1. The highest BCUT2D eigenvalue weighted by atomic mass is 35.5. The van der Waals surface area contributed by atoms with E-state index in [-0.39, 0.29) is 10.9 Å². The van der Waals surface area contributed by atoms with Gasteiger partial charge < -0.3 is 10.5 Å². The minimum atomic E-state index is -0.571. The van der Waals surface area contributed by atoms with Gasteiger partial charge in [-0.3, -0.25) is 19.8 Å². The Morgan fingerprint density at radius 3 is 2.45 bits per heavy atom. The van der Waals surface area contributed by atoms with Gasteiger partial charge in [0.25, 0.3) is 17.7 Å². The maximum Gasteiger partial charge on any atom is 0.285 e. The summed E-state index contributed by atoms with van der Waals surface area (Å²) in [6.07, 6.45) is 1.64. The molecule has 2 aromatic rings. The van der Waals surface area contributed by atoms with E-state index >= 15 is 0 Å². The van der Waals surface area contributed by atoms with Crippen LogP contribution in [0.4, 0.5) is 0 Å².